The molecule has 3 rings (SSSR count). The number of rotatable bonds is 4. The number of amides is 1. The van der Waals surface area contributed by atoms with E-state index in [2.05, 4.69) is 37.9 Å². The van der Waals surface area contributed by atoms with Crippen molar-refractivity contribution in [1.82, 2.24) is 9.88 Å². The van der Waals surface area contributed by atoms with Gasteiger partial charge in [-0.05, 0) is 37.3 Å². The predicted octanol–water partition coefficient (Wildman–Crippen LogP) is 4.27. The average Bonchev–Trinajstić information content (AvgIpc) is 2.93. The molecule has 1 amide bonds. The number of para-hydroxylation sites is 1. The summed E-state index contributed by atoms with van der Waals surface area (Å²) in [7, 11) is 1.87. The number of nitrogens with zero attached hydrogens (tertiary/aromatic N) is 2. The van der Waals surface area contributed by atoms with Gasteiger partial charge in [-0.15, -0.1) is 0 Å². The van der Waals surface area contributed by atoms with Gasteiger partial charge in [0.25, 0.3) is 11.1 Å². The molecule has 0 N–H and O–H groups in total. The number of fused-ring (bicyclic) bond motifs is 1. The third-order valence-corrected chi connectivity index (χ3v) is 5.69. The second-order valence-corrected chi connectivity index (χ2v) is 8.45. The number of carbonyl (C=O) groups is 1. The molecule has 0 radical (unpaired) electrons. The van der Waals surface area contributed by atoms with Crippen LogP contribution in [0.2, 0.25) is 0 Å². The van der Waals surface area contributed by atoms with Gasteiger partial charge in [0, 0.05) is 12.6 Å². The molecule has 24 heavy (non-hydrogen) atoms. The van der Waals surface area contributed by atoms with E-state index in [9.17, 15) is 4.79 Å². The zero-order valence-corrected chi connectivity index (χ0v) is 15.5. The van der Waals surface area contributed by atoms with Gasteiger partial charge in [-0.1, -0.05) is 49.5 Å². The van der Waals surface area contributed by atoms with E-state index in [1.807, 2.05) is 36.2 Å². The lowest BCUT2D eigenvalue weighted by Gasteiger charge is -2.45. The smallest absolute Gasteiger partial charge is 0.274 e. The fourth-order valence-corrected chi connectivity index (χ4v) is 4.25. The summed E-state index contributed by atoms with van der Waals surface area (Å²) in [5, 5.41) is 0.548. The van der Waals surface area contributed by atoms with Gasteiger partial charge < -0.3 is 9.64 Å². The molecule has 2 aromatic rings. The number of aromatic nitrogens is 1. The number of ether oxygens (including phenoxy) is 1. The van der Waals surface area contributed by atoms with Gasteiger partial charge in [0.1, 0.15) is 0 Å². The van der Waals surface area contributed by atoms with Crippen molar-refractivity contribution in [1.29, 1.82) is 0 Å². The molecule has 1 aliphatic rings. The summed E-state index contributed by atoms with van der Waals surface area (Å²) in [6, 6.07) is 7.88. The minimum atomic E-state index is -0.174. The summed E-state index contributed by atoms with van der Waals surface area (Å²) in [5.41, 5.74) is 0.839. The van der Waals surface area contributed by atoms with Crippen LogP contribution in [0.15, 0.2) is 36.4 Å². The van der Waals surface area contributed by atoms with E-state index >= 15 is 0 Å². The van der Waals surface area contributed by atoms with Crippen molar-refractivity contribution in [2.24, 2.45) is 5.41 Å². The number of hydrogen-bond acceptors (Lipinski definition) is 4. The van der Waals surface area contributed by atoms with Crippen LogP contribution < -0.4 is 4.74 Å². The molecule has 1 heterocycles. The highest BCUT2D eigenvalue weighted by Gasteiger charge is 2.38. The van der Waals surface area contributed by atoms with Crippen molar-refractivity contribution in [3.05, 3.63) is 36.4 Å². The highest BCUT2D eigenvalue weighted by molar-refractivity contribution is 7.20. The quantitative estimate of drug-likeness (QED) is 0.778. The average molecular weight is 344 g/mol. The summed E-state index contributed by atoms with van der Waals surface area (Å²) < 4.78 is 6.73. The first-order chi connectivity index (χ1) is 11.3. The number of thiazole rings is 1. The minimum Gasteiger partial charge on any atom is -0.460 e. The lowest BCUT2D eigenvalue weighted by Crippen LogP contribution is -2.51. The zero-order chi connectivity index (χ0) is 17.4. The lowest BCUT2D eigenvalue weighted by atomic mass is 9.72. The number of allylic oxidation sites excluding steroid dienone is 1. The Kier molecular flexibility index (Phi) is 4.38. The third kappa shape index (κ3) is 3.46. The van der Waals surface area contributed by atoms with Crippen LogP contribution in [0.25, 0.3) is 10.2 Å². The first-order valence-corrected chi connectivity index (χ1v) is 9.04. The Bertz CT molecular complexity index is 748. The van der Waals surface area contributed by atoms with Crippen molar-refractivity contribution in [3.8, 4) is 5.19 Å². The molecule has 1 atom stereocenters. The normalized spacial score (nSPS) is 22.5. The molecule has 0 saturated heterocycles. The Morgan fingerprint density at radius 2 is 2.08 bits per heavy atom. The molecule has 5 heteroatoms. The van der Waals surface area contributed by atoms with Gasteiger partial charge in [-0.3, -0.25) is 4.79 Å². The van der Waals surface area contributed by atoms with Gasteiger partial charge in [-0.2, -0.15) is 0 Å². The Balaban J connectivity index is 1.65. The van der Waals surface area contributed by atoms with Crippen molar-refractivity contribution in [3.63, 3.8) is 0 Å². The Morgan fingerprint density at radius 3 is 2.79 bits per heavy atom. The van der Waals surface area contributed by atoms with E-state index in [1.54, 1.807) is 0 Å². The molecule has 1 unspecified atom stereocenters. The maximum Gasteiger partial charge on any atom is 0.274 e. The minimum absolute atomic E-state index is 0.0112. The van der Waals surface area contributed by atoms with Crippen LogP contribution in [0, 0.1) is 5.41 Å². The fourth-order valence-electron chi connectivity index (χ4n) is 3.43. The molecular formula is C19H24N2O2S. The topological polar surface area (TPSA) is 42.4 Å². The van der Waals surface area contributed by atoms with Crippen LogP contribution >= 0.6 is 11.3 Å². The summed E-state index contributed by atoms with van der Waals surface area (Å²) in [4.78, 5) is 18.9. The van der Waals surface area contributed by atoms with E-state index in [-0.39, 0.29) is 23.5 Å². The second kappa shape index (κ2) is 6.20. The largest absolute Gasteiger partial charge is 0.460 e. The number of hydrogen-bond donors (Lipinski definition) is 0. The molecule has 0 fully saturated rings. The molecule has 1 aromatic carbocycles. The molecular weight excluding hydrogens is 320 g/mol. The summed E-state index contributed by atoms with van der Waals surface area (Å²) in [6.45, 7) is 6.58. The molecule has 0 aliphatic heterocycles. The second-order valence-electron chi connectivity index (χ2n) is 7.46. The number of benzene rings is 1. The van der Waals surface area contributed by atoms with Crippen molar-refractivity contribution < 1.29 is 9.53 Å². The van der Waals surface area contributed by atoms with Crippen molar-refractivity contribution in [2.45, 2.75) is 39.2 Å². The summed E-state index contributed by atoms with van der Waals surface area (Å²) in [6.07, 6.45) is 6.24. The van der Waals surface area contributed by atoms with Crippen LogP contribution in [-0.4, -0.2) is 35.0 Å². The van der Waals surface area contributed by atoms with Crippen molar-refractivity contribution >= 4 is 27.5 Å². The SMILES string of the molecule is CN(C(=O)COc1nc2ccccc2s1)C1(C)CC=CC(C)(C)C1. The molecule has 4 nitrogen and oxygen atoms in total. The Morgan fingerprint density at radius 1 is 1.33 bits per heavy atom. The molecule has 0 spiro atoms. The van der Waals surface area contributed by atoms with Crippen LogP contribution in [-0.2, 0) is 4.79 Å². The van der Waals surface area contributed by atoms with Crippen LogP contribution in [0.1, 0.15) is 33.6 Å². The van der Waals surface area contributed by atoms with Gasteiger partial charge in [0.15, 0.2) is 6.61 Å². The van der Waals surface area contributed by atoms with Gasteiger partial charge in [0.05, 0.1) is 10.2 Å². The number of carbonyl (C=O) groups excluding carboxylic acids is 1. The Labute approximate surface area is 147 Å². The number of likely N-dealkylation sites (N-methyl/N-ethyl adjacent to an activating group) is 1. The first-order valence-electron chi connectivity index (χ1n) is 8.22. The lowest BCUT2D eigenvalue weighted by molar-refractivity contribution is -0.138. The maximum absolute atomic E-state index is 12.6. The monoisotopic (exact) mass is 344 g/mol. The maximum atomic E-state index is 12.6. The molecule has 1 aromatic heterocycles. The van der Waals surface area contributed by atoms with Gasteiger partial charge in [-0.25, -0.2) is 4.98 Å². The molecule has 0 saturated carbocycles. The van der Waals surface area contributed by atoms with E-state index in [1.165, 1.54) is 11.3 Å². The predicted molar refractivity (Wildman–Crippen MR) is 98.4 cm³/mol. The first kappa shape index (κ1) is 17.0. The van der Waals surface area contributed by atoms with Crippen LogP contribution in [0.5, 0.6) is 5.19 Å². The molecule has 128 valence electrons. The van der Waals surface area contributed by atoms with Gasteiger partial charge >= 0.3 is 0 Å². The van der Waals surface area contributed by atoms with Crippen LogP contribution in [0.4, 0.5) is 0 Å². The van der Waals surface area contributed by atoms with E-state index in [0.29, 0.717) is 5.19 Å². The van der Waals surface area contributed by atoms with Gasteiger partial charge in [0.2, 0.25) is 0 Å². The van der Waals surface area contributed by atoms with Crippen LogP contribution in [0.3, 0.4) is 0 Å². The Hall–Kier alpha value is -1.88. The summed E-state index contributed by atoms with van der Waals surface area (Å²) >= 11 is 1.47. The molecule has 1 aliphatic carbocycles. The fraction of sp³-hybridized carbons (Fsp3) is 0.474. The van der Waals surface area contributed by atoms with Crippen molar-refractivity contribution in [2.75, 3.05) is 13.7 Å². The highest BCUT2D eigenvalue weighted by atomic mass is 32.1. The third-order valence-electron chi connectivity index (χ3n) is 4.74. The van der Waals surface area contributed by atoms with E-state index in [4.69, 9.17) is 4.74 Å². The summed E-state index contributed by atoms with van der Waals surface area (Å²) in [5.74, 6) is -0.0112. The van der Waals surface area contributed by atoms with E-state index in [0.717, 1.165) is 23.1 Å². The highest BCUT2D eigenvalue weighted by Crippen LogP contribution is 2.39. The van der Waals surface area contributed by atoms with E-state index < -0.39 is 0 Å². The molecule has 0 bridgehead atoms. The standard InChI is InChI=1S/C19H24N2O2S/c1-18(2)10-7-11-19(3,13-18)21(4)16(22)12-23-17-20-14-8-5-6-9-15(14)24-17/h5-10H,11-13H2,1-4H3. The zero-order valence-electron chi connectivity index (χ0n) is 14.7.